The van der Waals surface area contributed by atoms with Gasteiger partial charge in [-0.05, 0) is 6.92 Å². The van der Waals surface area contributed by atoms with E-state index in [1.165, 1.54) is 18.3 Å². The summed E-state index contributed by atoms with van der Waals surface area (Å²) in [6.07, 6.45) is 1.57. The zero-order valence-electron chi connectivity index (χ0n) is 9.19. The van der Waals surface area contributed by atoms with E-state index in [1.807, 2.05) is 11.8 Å². The van der Waals surface area contributed by atoms with E-state index in [-0.39, 0.29) is 17.7 Å². The Morgan fingerprint density at radius 1 is 1.69 bits per heavy atom. The van der Waals surface area contributed by atoms with E-state index in [4.69, 9.17) is 0 Å². The van der Waals surface area contributed by atoms with E-state index in [0.29, 0.717) is 11.4 Å². The summed E-state index contributed by atoms with van der Waals surface area (Å²) in [7, 11) is 0. The van der Waals surface area contributed by atoms with Crippen molar-refractivity contribution in [2.75, 3.05) is 18.0 Å². The molecule has 5 nitrogen and oxygen atoms in total. The highest BCUT2D eigenvalue weighted by molar-refractivity contribution is 7.17. The molecule has 1 atom stereocenters. The van der Waals surface area contributed by atoms with Gasteiger partial charge in [-0.25, -0.2) is 4.98 Å². The first-order valence-corrected chi connectivity index (χ1v) is 5.92. The molecular formula is C10H13N3O2S. The predicted octanol–water partition coefficient (Wildman–Crippen LogP) is 0.670. The topological polar surface area (TPSA) is 62.3 Å². The molecule has 86 valence electrons. The highest BCUT2D eigenvalue weighted by Gasteiger charge is 2.27. The number of amides is 1. The average molecular weight is 239 g/mol. The zero-order chi connectivity index (χ0) is 11.7. The van der Waals surface area contributed by atoms with Crippen molar-refractivity contribution in [2.24, 2.45) is 0 Å². The van der Waals surface area contributed by atoms with Crippen LogP contribution in [0.25, 0.3) is 0 Å². The van der Waals surface area contributed by atoms with Gasteiger partial charge in [-0.2, -0.15) is 0 Å². The van der Waals surface area contributed by atoms with Crippen LogP contribution in [0.3, 0.4) is 0 Å². The molecule has 2 rings (SSSR count). The SMILES string of the molecule is CC(=O)c1cnc(N2CCNC(=O)C2C)s1. The molecule has 1 aliphatic heterocycles. The van der Waals surface area contributed by atoms with E-state index in [9.17, 15) is 9.59 Å². The normalized spacial score (nSPS) is 20.8. The molecule has 0 bridgehead atoms. The van der Waals surface area contributed by atoms with Gasteiger partial charge < -0.3 is 10.2 Å². The van der Waals surface area contributed by atoms with Crippen LogP contribution in [-0.2, 0) is 4.79 Å². The fraction of sp³-hybridized carbons (Fsp3) is 0.500. The number of aromatic nitrogens is 1. The standard InChI is InChI=1S/C10H13N3O2S/c1-6-9(15)11-3-4-13(6)10-12-5-8(16-10)7(2)14/h5-6H,3-4H2,1-2H3,(H,11,15). The Morgan fingerprint density at radius 2 is 2.44 bits per heavy atom. The number of nitrogens with one attached hydrogen (secondary N) is 1. The quantitative estimate of drug-likeness (QED) is 0.771. The van der Waals surface area contributed by atoms with Gasteiger partial charge in [0.25, 0.3) is 0 Å². The van der Waals surface area contributed by atoms with Crippen molar-refractivity contribution in [3.05, 3.63) is 11.1 Å². The summed E-state index contributed by atoms with van der Waals surface area (Å²) in [6.45, 7) is 4.71. The number of Topliss-reactive ketones (excluding diaryl/α,β-unsaturated/α-hetero) is 1. The lowest BCUT2D eigenvalue weighted by atomic mass is 10.2. The third kappa shape index (κ3) is 1.92. The third-order valence-corrected chi connectivity index (χ3v) is 3.72. The average Bonchev–Trinajstić information content (AvgIpc) is 2.71. The fourth-order valence-electron chi connectivity index (χ4n) is 1.60. The number of carbonyl (C=O) groups is 2. The minimum absolute atomic E-state index is 0.00539. The van der Waals surface area contributed by atoms with E-state index in [2.05, 4.69) is 10.3 Å². The Morgan fingerprint density at radius 3 is 3.06 bits per heavy atom. The van der Waals surface area contributed by atoms with Crippen molar-refractivity contribution in [3.63, 3.8) is 0 Å². The van der Waals surface area contributed by atoms with E-state index < -0.39 is 0 Å². The molecule has 1 fully saturated rings. The zero-order valence-corrected chi connectivity index (χ0v) is 10.0. The van der Waals surface area contributed by atoms with Crippen molar-refractivity contribution >= 4 is 28.2 Å². The van der Waals surface area contributed by atoms with Gasteiger partial charge in [-0.1, -0.05) is 11.3 Å². The second kappa shape index (κ2) is 4.21. The molecule has 1 N–H and O–H groups in total. The molecule has 1 aromatic heterocycles. The number of rotatable bonds is 2. The Balaban J connectivity index is 2.22. The van der Waals surface area contributed by atoms with Crippen LogP contribution in [0, 0.1) is 0 Å². The van der Waals surface area contributed by atoms with Crippen molar-refractivity contribution in [1.29, 1.82) is 0 Å². The summed E-state index contributed by atoms with van der Waals surface area (Å²) >= 11 is 1.34. The van der Waals surface area contributed by atoms with Gasteiger partial charge in [0, 0.05) is 20.0 Å². The summed E-state index contributed by atoms with van der Waals surface area (Å²) in [5.74, 6) is 0.0173. The molecule has 1 aliphatic rings. The second-order valence-corrected chi connectivity index (χ2v) is 4.73. The number of hydrogen-bond acceptors (Lipinski definition) is 5. The van der Waals surface area contributed by atoms with Crippen LogP contribution in [0.15, 0.2) is 6.20 Å². The largest absolute Gasteiger partial charge is 0.353 e. The molecule has 1 saturated heterocycles. The summed E-state index contributed by atoms with van der Waals surface area (Å²) in [6, 6.07) is -0.222. The van der Waals surface area contributed by atoms with Crippen molar-refractivity contribution < 1.29 is 9.59 Å². The van der Waals surface area contributed by atoms with Crippen LogP contribution in [0.2, 0.25) is 0 Å². The molecule has 16 heavy (non-hydrogen) atoms. The van der Waals surface area contributed by atoms with Gasteiger partial charge in [-0.15, -0.1) is 0 Å². The maximum absolute atomic E-state index is 11.5. The van der Waals surface area contributed by atoms with Crippen LogP contribution in [0.1, 0.15) is 23.5 Å². The molecule has 0 aromatic carbocycles. The molecule has 1 unspecified atom stereocenters. The molecule has 0 radical (unpaired) electrons. The minimum atomic E-state index is -0.222. The molecule has 0 spiro atoms. The highest BCUT2D eigenvalue weighted by atomic mass is 32.1. The smallest absolute Gasteiger partial charge is 0.242 e. The van der Waals surface area contributed by atoms with Gasteiger partial charge in [0.1, 0.15) is 6.04 Å². The highest BCUT2D eigenvalue weighted by Crippen LogP contribution is 2.25. The van der Waals surface area contributed by atoms with E-state index in [1.54, 1.807) is 6.20 Å². The molecule has 1 aromatic rings. The Labute approximate surface area is 97.5 Å². The first kappa shape index (κ1) is 11.1. The molecule has 2 heterocycles. The first-order valence-electron chi connectivity index (χ1n) is 5.10. The Kier molecular flexibility index (Phi) is 2.91. The van der Waals surface area contributed by atoms with Crippen LogP contribution in [0.4, 0.5) is 5.13 Å². The van der Waals surface area contributed by atoms with Crippen molar-refractivity contribution in [1.82, 2.24) is 10.3 Å². The van der Waals surface area contributed by atoms with E-state index >= 15 is 0 Å². The lowest BCUT2D eigenvalue weighted by Gasteiger charge is -2.32. The summed E-state index contributed by atoms with van der Waals surface area (Å²) < 4.78 is 0. The fourth-order valence-corrected chi connectivity index (χ4v) is 2.52. The maximum atomic E-state index is 11.5. The maximum Gasteiger partial charge on any atom is 0.242 e. The summed E-state index contributed by atoms with van der Waals surface area (Å²) in [4.78, 5) is 29.4. The third-order valence-electron chi connectivity index (χ3n) is 2.59. The number of carbonyl (C=O) groups excluding carboxylic acids is 2. The number of piperazine rings is 1. The van der Waals surface area contributed by atoms with Crippen LogP contribution >= 0.6 is 11.3 Å². The molecule has 1 amide bonds. The number of nitrogens with zero attached hydrogens (tertiary/aromatic N) is 2. The number of anilines is 1. The predicted molar refractivity (Wildman–Crippen MR) is 61.9 cm³/mol. The first-order chi connectivity index (χ1) is 7.59. The summed E-state index contributed by atoms with van der Waals surface area (Å²) in [5.41, 5.74) is 0. The number of thiazole rings is 1. The number of ketones is 1. The Bertz CT molecular complexity index is 429. The van der Waals surface area contributed by atoms with Gasteiger partial charge >= 0.3 is 0 Å². The lowest BCUT2D eigenvalue weighted by Crippen LogP contribution is -2.54. The molecule has 0 aliphatic carbocycles. The van der Waals surface area contributed by atoms with Gasteiger partial charge in [0.15, 0.2) is 10.9 Å². The molecule has 0 saturated carbocycles. The van der Waals surface area contributed by atoms with Crippen LogP contribution in [-0.4, -0.2) is 35.8 Å². The van der Waals surface area contributed by atoms with Crippen molar-refractivity contribution in [3.8, 4) is 0 Å². The minimum Gasteiger partial charge on any atom is -0.353 e. The van der Waals surface area contributed by atoms with Gasteiger partial charge in [0.05, 0.1) is 11.1 Å². The lowest BCUT2D eigenvalue weighted by molar-refractivity contribution is -0.122. The van der Waals surface area contributed by atoms with Crippen LogP contribution in [0.5, 0.6) is 0 Å². The molecular weight excluding hydrogens is 226 g/mol. The monoisotopic (exact) mass is 239 g/mol. The van der Waals surface area contributed by atoms with Crippen LogP contribution < -0.4 is 10.2 Å². The van der Waals surface area contributed by atoms with Gasteiger partial charge in [0.2, 0.25) is 5.91 Å². The Hall–Kier alpha value is -1.43. The molecule has 6 heteroatoms. The van der Waals surface area contributed by atoms with Crippen molar-refractivity contribution in [2.45, 2.75) is 19.9 Å². The summed E-state index contributed by atoms with van der Waals surface area (Å²) in [5, 5.41) is 3.53. The second-order valence-electron chi connectivity index (χ2n) is 3.72. The van der Waals surface area contributed by atoms with E-state index in [0.717, 1.165) is 11.7 Å². The number of hydrogen-bond donors (Lipinski definition) is 1. The van der Waals surface area contributed by atoms with Gasteiger partial charge in [-0.3, -0.25) is 9.59 Å².